The molecule has 0 fully saturated rings. The number of nitrogens with one attached hydrogen (secondary N) is 1. The fraction of sp³-hybridized carbons (Fsp3) is 0.333. The monoisotopic (exact) mass is 225 g/mol. The molecule has 86 valence electrons. The topological polar surface area (TPSA) is 101 Å². The van der Waals surface area contributed by atoms with Crippen LogP contribution < -0.4 is 5.32 Å². The van der Waals surface area contributed by atoms with E-state index in [9.17, 15) is 14.7 Å². The van der Waals surface area contributed by atoms with Gasteiger partial charge in [0.05, 0.1) is 31.6 Å². The number of aliphatic hydroxyl groups excluding tert-OH is 1. The lowest BCUT2D eigenvalue weighted by molar-refractivity contribution is -0.149. The van der Waals surface area contributed by atoms with E-state index in [0.717, 1.165) is 7.11 Å². The van der Waals surface area contributed by atoms with Gasteiger partial charge in [-0.1, -0.05) is 0 Å². The van der Waals surface area contributed by atoms with E-state index >= 15 is 0 Å². The van der Waals surface area contributed by atoms with Crippen LogP contribution in [-0.2, 0) is 9.53 Å². The molecule has 0 aromatic carbocycles. The minimum atomic E-state index is -1.37. The van der Waals surface area contributed by atoms with Crippen molar-refractivity contribution in [2.75, 3.05) is 13.7 Å². The van der Waals surface area contributed by atoms with E-state index < -0.39 is 18.0 Å². The van der Waals surface area contributed by atoms with Crippen LogP contribution in [0.2, 0.25) is 0 Å². The van der Waals surface area contributed by atoms with Gasteiger partial charge < -0.3 is 15.2 Å². The summed E-state index contributed by atoms with van der Waals surface area (Å²) >= 11 is 0. The number of nitrogens with zero attached hydrogens (tertiary/aromatic N) is 2. The Morgan fingerprint density at radius 2 is 2.31 bits per heavy atom. The number of hydrogen-bond acceptors (Lipinski definition) is 6. The number of amides is 1. The molecule has 1 heterocycles. The summed E-state index contributed by atoms with van der Waals surface area (Å²) in [6.45, 7) is -0.214. The molecule has 1 atom stereocenters. The van der Waals surface area contributed by atoms with Gasteiger partial charge in [-0.15, -0.1) is 0 Å². The number of rotatable bonds is 4. The Hall–Kier alpha value is -2.02. The van der Waals surface area contributed by atoms with Crippen LogP contribution in [0.4, 0.5) is 0 Å². The van der Waals surface area contributed by atoms with Gasteiger partial charge in [-0.2, -0.15) is 10.2 Å². The lowest BCUT2D eigenvalue weighted by Crippen LogP contribution is -2.37. The zero-order chi connectivity index (χ0) is 12.0. The maximum atomic E-state index is 11.4. The molecule has 1 rings (SSSR count). The maximum Gasteiger partial charge on any atom is 0.336 e. The first-order valence-corrected chi connectivity index (χ1v) is 4.46. The molecule has 0 bridgehead atoms. The molecular formula is C9H11N3O4. The quantitative estimate of drug-likeness (QED) is 0.620. The molecule has 0 saturated carbocycles. The summed E-state index contributed by atoms with van der Waals surface area (Å²) in [5.41, 5.74) is 0.298. The van der Waals surface area contributed by atoms with Gasteiger partial charge in [0.1, 0.15) is 0 Å². The van der Waals surface area contributed by atoms with Crippen molar-refractivity contribution in [3.05, 3.63) is 24.0 Å². The highest BCUT2D eigenvalue weighted by atomic mass is 16.5. The minimum Gasteiger partial charge on any atom is -0.467 e. The summed E-state index contributed by atoms with van der Waals surface area (Å²) < 4.78 is 4.29. The molecule has 1 amide bonds. The summed E-state index contributed by atoms with van der Waals surface area (Å²) in [6.07, 6.45) is 1.27. The number of ether oxygens (including phenoxy) is 1. The van der Waals surface area contributed by atoms with Gasteiger partial charge in [0.15, 0.2) is 6.10 Å². The van der Waals surface area contributed by atoms with Gasteiger partial charge >= 0.3 is 5.97 Å². The van der Waals surface area contributed by atoms with Crippen LogP contribution in [0.3, 0.4) is 0 Å². The van der Waals surface area contributed by atoms with Crippen molar-refractivity contribution in [2.45, 2.75) is 6.10 Å². The lowest BCUT2D eigenvalue weighted by Gasteiger charge is -2.09. The second kappa shape index (κ2) is 5.76. The number of aliphatic hydroxyl groups is 1. The van der Waals surface area contributed by atoms with Gasteiger partial charge in [-0.25, -0.2) is 4.79 Å². The Labute approximate surface area is 91.4 Å². The Balaban J connectivity index is 2.45. The zero-order valence-electron chi connectivity index (χ0n) is 8.58. The number of hydrogen-bond donors (Lipinski definition) is 2. The summed E-state index contributed by atoms with van der Waals surface area (Å²) in [7, 11) is 1.15. The smallest absolute Gasteiger partial charge is 0.336 e. The Kier molecular flexibility index (Phi) is 4.34. The van der Waals surface area contributed by atoms with Crippen LogP contribution in [0, 0.1) is 0 Å². The van der Waals surface area contributed by atoms with Crippen LogP contribution in [-0.4, -0.2) is 46.9 Å². The largest absolute Gasteiger partial charge is 0.467 e. The second-order valence-corrected chi connectivity index (χ2v) is 2.88. The predicted octanol–water partition coefficient (Wildman–Crippen LogP) is -1.26. The van der Waals surface area contributed by atoms with Crippen LogP contribution in [0.15, 0.2) is 18.5 Å². The first-order valence-electron chi connectivity index (χ1n) is 4.46. The Morgan fingerprint density at radius 1 is 1.56 bits per heavy atom. The average Bonchev–Trinajstić information content (AvgIpc) is 2.35. The minimum absolute atomic E-state index is 0.214. The van der Waals surface area contributed by atoms with E-state index in [0.29, 0.717) is 5.56 Å². The zero-order valence-corrected chi connectivity index (χ0v) is 8.58. The van der Waals surface area contributed by atoms with E-state index in [4.69, 9.17) is 0 Å². The molecule has 1 aromatic rings. The highest BCUT2D eigenvalue weighted by Crippen LogP contribution is 1.94. The molecule has 0 saturated heterocycles. The van der Waals surface area contributed by atoms with Gasteiger partial charge in [0, 0.05) is 0 Å². The average molecular weight is 225 g/mol. The van der Waals surface area contributed by atoms with Gasteiger partial charge in [0.2, 0.25) is 0 Å². The highest BCUT2D eigenvalue weighted by molar-refractivity contribution is 5.94. The summed E-state index contributed by atoms with van der Waals surface area (Å²) in [6, 6.07) is 1.47. The molecule has 0 aliphatic rings. The number of esters is 1. The molecule has 0 aliphatic carbocycles. The van der Waals surface area contributed by atoms with Crippen molar-refractivity contribution < 1.29 is 19.4 Å². The van der Waals surface area contributed by atoms with E-state index in [1.165, 1.54) is 18.5 Å². The van der Waals surface area contributed by atoms with Crippen molar-refractivity contribution in [3.8, 4) is 0 Å². The molecule has 0 spiro atoms. The Morgan fingerprint density at radius 3 is 2.88 bits per heavy atom. The summed E-state index contributed by atoms with van der Waals surface area (Å²) in [5, 5.41) is 18.6. The summed E-state index contributed by atoms with van der Waals surface area (Å²) in [5.74, 6) is -1.24. The van der Waals surface area contributed by atoms with Crippen LogP contribution in [0.5, 0.6) is 0 Å². The summed E-state index contributed by atoms with van der Waals surface area (Å²) in [4.78, 5) is 22.2. The maximum absolute atomic E-state index is 11.4. The molecule has 0 aliphatic heterocycles. The standard InChI is InChI=1S/C9H11N3O4/c1-16-9(15)7(13)5-10-8(14)6-2-3-11-12-4-6/h2-4,7,13H,5H2,1H3,(H,10,14). The fourth-order valence-corrected chi connectivity index (χ4v) is 0.936. The first kappa shape index (κ1) is 12.1. The number of aromatic nitrogens is 2. The van der Waals surface area contributed by atoms with Crippen LogP contribution in [0.25, 0.3) is 0 Å². The molecule has 0 radical (unpaired) electrons. The third kappa shape index (κ3) is 3.28. The highest BCUT2D eigenvalue weighted by Gasteiger charge is 2.16. The van der Waals surface area contributed by atoms with Crippen molar-refractivity contribution in [3.63, 3.8) is 0 Å². The van der Waals surface area contributed by atoms with Crippen LogP contribution >= 0.6 is 0 Å². The molecule has 2 N–H and O–H groups in total. The molecule has 7 nitrogen and oxygen atoms in total. The third-order valence-corrected chi connectivity index (χ3v) is 1.78. The van der Waals surface area contributed by atoms with E-state index in [-0.39, 0.29) is 6.54 Å². The molecule has 16 heavy (non-hydrogen) atoms. The first-order chi connectivity index (χ1) is 7.65. The molecule has 7 heteroatoms. The van der Waals surface area contributed by atoms with E-state index in [2.05, 4.69) is 20.3 Å². The molecule has 1 aromatic heterocycles. The SMILES string of the molecule is COC(=O)C(O)CNC(=O)c1ccnnc1. The van der Waals surface area contributed by atoms with Crippen molar-refractivity contribution >= 4 is 11.9 Å². The Bertz CT molecular complexity index is 368. The van der Waals surface area contributed by atoms with Crippen molar-refractivity contribution in [2.24, 2.45) is 0 Å². The molecular weight excluding hydrogens is 214 g/mol. The van der Waals surface area contributed by atoms with Gasteiger partial charge in [-0.05, 0) is 6.07 Å². The third-order valence-electron chi connectivity index (χ3n) is 1.78. The number of carbonyl (C=O) groups is 2. The number of methoxy groups -OCH3 is 1. The predicted molar refractivity (Wildman–Crippen MR) is 52.4 cm³/mol. The fourth-order valence-electron chi connectivity index (χ4n) is 0.936. The van der Waals surface area contributed by atoms with Crippen molar-refractivity contribution in [1.82, 2.24) is 15.5 Å². The van der Waals surface area contributed by atoms with Gasteiger partial charge in [0.25, 0.3) is 5.91 Å². The second-order valence-electron chi connectivity index (χ2n) is 2.88. The normalized spacial score (nSPS) is 11.6. The van der Waals surface area contributed by atoms with Crippen LogP contribution in [0.1, 0.15) is 10.4 Å². The van der Waals surface area contributed by atoms with Crippen molar-refractivity contribution in [1.29, 1.82) is 0 Å². The number of carbonyl (C=O) groups excluding carboxylic acids is 2. The molecule has 1 unspecified atom stereocenters. The van der Waals surface area contributed by atoms with Gasteiger partial charge in [-0.3, -0.25) is 4.79 Å². The van der Waals surface area contributed by atoms with E-state index in [1.807, 2.05) is 0 Å². The van der Waals surface area contributed by atoms with E-state index in [1.54, 1.807) is 0 Å². The lowest BCUT2D eigenvalue weighted by atomic mass is 10.3.